The van der Waals surface area contributed by atoms with Crippen molar-refractivity contribution in [2.75, 3.05) is 13.1 Å². The van der Waals surface area contributed by atoms with Gasteiger partial charge in [-0.3, -0.25) is 4.79 Å². The number of nitrogens with zero attached hydrogens (tertiary/aromatic N) is 4. The molecule has 0 aromatic carbocycles. The number of allylic oxidation sites excluding steroid dienone is 2. The fourth-order valence-corrected chi connectivity index (χ4v) is 6.09. The smallest absolute Gasteiger partial charge is 0.420 e. The molecule has 1 saturated heterocycles. The van der Waals surface area contributed by atoms with Crippen LogP contribution < -0.4 is 10.5 Å². The Morgan fingerprint density at radius 1 is 1.10 bits per heavy atom. The van der Waals surface area contributed by atoms with Crippen molar-refractivity contribution in [2.24, 2.45) is 23.0 Å². The maximum atomic E-state index is 13.7. The minimum atomic E-state index is -4.62. The van der Waals surface area contributed by atoms with E-state index < -0.39 is 23.2 Å². The minimum Gasteiger partial charge on any atom is -0.474 e. The average molecular weight is 568 g/mol. The summed E-state index contributed by atoms with van der Waals surface area (Å²) in [6, 6.07) is 4.86. The summed E-state index contributed by atoms with van der Waals surface area (Å²) in [6.45, 7) is 10.9. The van der Waals surface area contributed by atoms with Crippen LogP contribution >= 0.6 is 0 Å². The molecule has 1 aliphatic heterocycles. The third-order valence-electron chi connectivity index (χ3n) is 8.73. The second kappa shape index (κ2) is 9.31. The van der Waals surface area contributed by atoms with E-state index in [2.05, 4.69) is 31.0 Å². The Morgan fingerprint density at radius 3 is 2.41 bits per heavy atom. The van der Waals surface area contributed by atoms with Crippen molar-refractivity contribution in [1.29, 1.82) is 0 Å². The van der Waals surface area contributed by atoms with Gasteiger partial charge in [0.25, 0.3) is 5.91 Å². The topological polar surface area (TPSA) is 85.8 Å². The quantitative estimate of drug-likeness (QED) is 0.409. The lowest BCUT2D eigenvalue weighted by Gasteiger charge is -2.29. The van der Waals surface area contributed by atoms with Gasteiger partial charge in [0.05, 0.1) is 22.5 Å². The highest BCUT2D eigenvalue weighted by molar-refractivity contribution is 5.95. The molecule has 3 aromatic rings. The highest BCUT2D eigenvalue weighted by Gasteiger charge is 2.59. The fraction of sp³-hybridized carbons (Fsp3) is 0.516. The summed E-state index contributed by atoms with van der Waals surface area (Å²) >= 11 is 0. The van der Waals surface area contributed by atoms with Crippen molar-refractivity contribution < 1.29 is 22.7 Å². The van der Waals surface area contributed by atoms with Gasteiger partial charge in [-0.25, -0.2) is 9.97 Å². The molecule has 0 spiro atoms. The molecule has 3 aromatic heterocycles. The zero-order valence-electron chi connectivity index (χ0n) is 24.0. The summed E-state index contributed by atoms with van der Waals surface area (Å²) in [6.07, 6.45) is 3.49. The molecule has 6 rings (SSSR count). The number of fused-ring (bicyclic) bond motifs is 2. The Balaban J connectivity index is 1.18. The predicted molar refractivity (Wildman–Crippen MR) is 149 cm³/mol. The van der Waals surface area contributed by atoms with Crippen LogP contribution in [0.2, 0.25) is 0 Å². The van der Waals surface area contributed by atoms with E-state index in [1.54, 1.807) is 11.8 Å². The number of aryl methyl sites for hydroxylation is 1. The van der Waals surface area contributed by atoms with Crippen molar-refractivity contribution in [3.05, 3.63) is 64.7 Å². The molecule has 0 radical (unpaired) electrons. The molecule has 7 nitrogen and oxygen atoms in total. The van der Waals surface area contributed by atoms with E-state index in [1.807, 2.05) is 19.9 Å². The van der Waals surface area contributed by atoms with Gasteiger partial charge < -0.3 is 19.8 Å². The predicted octanol–water partition coefficient (Wildman–Crippen LogP) is 5.99. The zero-order valence-corrected chi connectivity index (χ0v) is 24.0. The van der Waals surface area contributed by atoms with Gasteiger partial charge in [0.2, 0.25) is 5.88 Å². The molecular weight excluding hydrogens is 531 g/mol. The zero-order chi connectivity index (χ0) is 29.5. The SMILES string of the molecule is Cc1cn2cc(C(=O)N3C[C@@H]4C(Oc5cc(C(C)(C)N)cc(C6=CCC(C)(C)CC6)n5)[C@@H]4C3)cc(C(F)(F)F)c2n1. The Kier molecular flexibility index (Phi) is 6.30. The number of hydrogen-bond donors (Lipinski definition) is 1. The Bertz CT molecular complexity index is 1550. The number of pyridine rings is 2. The third kappa shape index (κ3) is 5.34. The molecule has 0 bridgehead atoms. The molecule has 1 unspecified atom stereocenters. The highest BCUT2D eigenvalue weighted by Crippen LogP contribution is 2.48. The number of amides is 1. The summed E-state index contributed by atoms with van der Waals surface area (Å²) in [5.41, 5.74) is 8.53. The first-order chi connectivity index (χ1) is 19.1. The van der Waals surface area contributed by atoms with E-state index in [-0.39, 0.29) is 34.6 Å². The Labute approximate surface area is 237 Å². The first-order valence-corrected chi connectivity index (χ1v) is 14.1. The van der Waals surface area contributed by atoms with Crippen LogP contribution in [-0.4, -0.2) is 44.4 Å². The van der Waals surface area contributed by atoms with E-state index in [1.165, 1.54) is 22.4 Å². The molecule has 3 atom stereocenters. The van der Waals surface area contributed by atoms with Crippen molar-refractivity contribution in [3.8, 4) is 5.88 Å². The molecule has 2 N–H and O–H groups in total. The largest absolute Gasteiger partial charge is 0.474 e. The first-order valence-electron chi connectivity index (χ1n) is 14.1. The summed E-state index contributed by atoms with van der Waals surface area (Å²) in [5, 5.41) is 0. The van der Waals surface area contributed by atoms with Crippen molar-refractivity contribution in [1.82, 2.24) is 19.3 Å². The van der Waals surface area contributed by atoms with Gasteiger partial charge in [0.1, 0.15) is 11.8 Å². The molecule has 41 heavy (non-hydrogen) atoms. The van der Waals surface area contributed by atoms with Gasteiger partial charge in [-0.1, -0.05) is 19.9 Å². The average Bonchev–Trinajstić information content (AvgIpc) is 3.18. The summed E-state index contributed by atoms with van der Waals surface area (Å²) < 4.78 is 48.9. The molecule has 1 amide bonds. The third-order valence-corrected chi connectivity index (χ3v) is 8.73. The van der Waals surface area contributed by atoms with Crippen LogP contribution in [0.3, 0.4) is 0 Å². The molecule has 2 aliphatic carbocycles. The van der Waals surface area contributed by atoms with Crippen LogP contribution in [-0.2, 0) is 11.7 Å². The van der Waals surface area contributed by atoms with Gasteiger partial charge in [0, 0.05) is 48.9 Å². The molecular formula is C31H36F3N5O2. The normalized spacial score (nSPS) is 23.9. The van der Waals surface area contributed by atoms with Crippen molar-refractivity contribution in [2.45, 2.75) is 71.7 Å². The van der Waals surface area contributed by atoms with E-state index >= 15 is 0 Å². The summed E-state index contributed by atoms with van der Waals surface area (Å²) in [7, 11) is 0. The molecule has 4 heterocycles. The van der Waals surface area contributed by atoms with Gasteiger partial charge in [0.15, 0.2) is 0 Å². The second-order valence-electron chi connectivity index (χ2n) is 13.3. The van der Waals surface area contributed by atoms with Crippen LogP contribution in [0.25, 0.3) is 11.2 Å². The number of ether oxygens (including phenoxy) is 1. The molecule has 2 fully saturated rings. The van der Waals surface area contributed by atoms with Crippen LogP contribution in [0.5, 0.6) is 5.88 Å². The van der Waals surface area contributed by atoms with Crippen molar-refractivity contribution in [3.63, 3.8) is 0 Å². The number of carbonyl (C=O) groups is 1. The summed E-state index contributed by atoms with van der Waals surface area (Å²) in [4.78, 5) is 23.7. The number of rotatable bonds is 5. The van der Waals surface area contributed by atoms with Gasteiger partial charge in [-0.15, -0.1) is 0 Å². The molecule has 1 saturated carbocycles. The summed E-state index contributed by atoms with van der Waals surface area (Å²) in [5.74, 6) is 0.313. The molecule has 218 valence electrons. The first kappa shape index (κ1) is 27.8. The number of piperidine rings is 1. The number of alkyl halides is 3. The van der Waals surface area contributed by atoms with E-state index in [0.717, 1.165) is 36.6 Å². The minimum absolute atomic E-state index is 0.00545. The Hall–Kier alpha value is -3.40. The van der Waals surface area contributed by atoms with Crippen molar-refractivity contribution >= 4 is 17.1 Å². The highest BCUT2D eigenvalue weighted by atomic mass is 19.4. The lowest BCUT2D eigenvalue weighted by Crippen LogP contribution is -2.34. The number of likely N-dealkylation sites (tertiary alicyclic amines) is 1. The standard InChI is InChI=1S/C31H36F3N5O2/c1-17-13-38-14-19(10-23(27(38)36-17)31(32,33)34)28(40)39-15-21-22(16-39)26(21)41-25-12-20(30(4,5)35)11-24(37-25)18-6-8-29(2,3)9-7-18/h6,10-14,21-22,26H,7-9,15-16,35H2,1-5H3/t21-,22+,26?. The molecule has 3 aliphatic rings. The van der Waals surface area contributed by atoms with E-state index in [0.29, 0.717) is 24.7 Å². The number of carbonyl (C=O) groups excluding carboxylic acids is 1. The van der Waals surface area contributed by atoms with Crippen LogP contribution in [0, 0.1) is 24.2 Å². The van der Waals surface area contributed by atoms with Crippen LogP contribution in [0.4, 0.5) is 13.2 Å². The maximum Gasteiger partial charge on any atom is 0.420 e. The van der Waals surface area contributed by atoms with Crippen LogP contribution in [0.15, 0.2) is 36.7 Å². The van der Waals surface area contributed by atoms with E-state index in [9.17, 15) is 18.0 Å². The maximum absolute atomic E-state index is 13.7. The van der Waals surface area contributed by atoms with E-state index in [4.69, 9.17) is 15.5 Å². The second-order valence-corrected chi connectivity index (χ2v) is 13.3. The Morgan fingerprint density at radius 2 is 1.80 bits per heavy atom. The number of aromatic nitrogens is 3. The number of nitrogens with two attached hydrogens (primary N) is 1. The monoisotopic (exact) mass is 567 g/mol. The van der Waals surface area contributed by atoms with Crippen LogP contribution in [0.1, 0.15) is 79.8 Å². The van der Waals surface area contributed by atoms with Gasteiger partial charge in [-0.2, -0.15) is 13.2 Å². The molecule has 10 heteroatoms. The lowest BCUT2D eigenvalue weighted by atomic mass is 9.77. The number of hydrogen-bond acceptors (Lipinski definition) is 5. The lowest BCUT2D eigenvalue weighted by molar-refractivity contribution is -0.136. The fourth-order valence-electron chi connectivity index (χ4n) is 6.09. The number of imidazole rings is 1. The van der Waals surface area contributed by atoms with Gasteiger partial charge in [-0.05, 0) is 68.7 Å². The van der Waals surface area contributed by atoms with Gasteiger partial charge >= 0.3 is 6.18 Å². The number of halogens is 3.